The van der Waals surface area contributed by atoms with E-state index in [2.05, 4.69) is 15.5 Å². The molecule has 3 atom stereocenters. The minimum absolute atomic E-state index is 0.103. The first kappa shape index (κ1) is 21.6. The van der Waals surface area contributed by atoms with Crippen molar-refractivity contribution < 1.29 is 19.4 Å². The van der Waals surface area contributed by atoms with Crippen LogP contribution in [0.15, 0.2) is 54.0 Å². The van der Waals surface area contributed by atoms with Gasteiger partial charge < -0.3 is 9.84 Å². The number of carboxylic acid groups (broad SMARTS) is 1. The molecule has 1 aliphatic carbocycles. The lowest BCUT2D eigenvalue weighted by Gasteiger charge is -2.22. The van der Waals surface area contributed by atoms with Crippen molar-refractivity contribution in [2.75, 3.05) is 0 Å². The van der Waals surface area contributed by atoms with Gasteiger partial charge in [0.05, 0.1) is 0 Å². The number of carboxylic acids is 1. The highest BCUT2D eigenvalue weighted by molar-refractivity contribution is 5.91. The summed E-state index contributed by atoms with van der Waals surface area (Å²) in [6.45, 7) is 4.28. The molecule has 1 saturated carbocycles. The number of pyridine rings is 1. The molecule has 0 aliphatic heterocycles. The van der Waals surface area contributed by atoms with Gasteiger partial charge in [0.2, 0.25) is 0 Å². The number of hydrogen-bond acceptors (Lipinski definition) is 6. The number of carbonyl (C=O) groups excluding carboxylic acids is 1. The molecule has 8 nitrogen and oxygen atoms in total. The van der Waals surface area contributed by atoms with Crippen molar-refractivity contribution in [2.24, 2.45) is 17.0 Å². The maximum Gasteiger partial charge on any atom is 0.321 e. The molecule has 1 fully saturated rings. The Kier molecular flexibility index (Phi) is 6.56. The number of amides is 1. The standard InChI is InChI=1S/C22H25N3O5/c1-14(2)18-12-22(18,21(28)25-29)24-19(20(26)27)11-15-3-5-17(6-4-15)30-13-16-7-9-23-10-8-16/h3-10,14,18-19,24H,11-13H2,1-2H3,(H,26,27)/t18?,19-,22?/m0/s1. The van der Waals surface area contributed by atoms with Crippen LogP contribution in [-0.2, 0) is 22.6 Å². The topological polar surface area (TPSA) is 118 Å². The van der Waals surface area contributed by atoms with Crippen LogP contribution < -0.4 is 10.1 Å². The number of aliphatic carboxylic acids is 1. The summed E-state index contributed by atoms with van der Waals surface area (Å²) in [7, 11) is 0. The Bertz CT molecular complexity index is 901. The summed E-state index contributed by atoms with van der Waals surface area (Å²) in [6.07, 6.45) is 3.98. The number of carbonyl (C=O) groups is 2. The van der Waals surface area contributed by atoms with Crippen molar-refractivity contribution in [1.82, 2.24) is 10.3 Å². The number of nitrogens with zero attached hydrogens (tertiary/aromatic N) is 2. The Morgan fingerprint density at radius 2 is 1.87 bits per heavy atom. The van der Waals surface area contributed by atoms with Crippen LogP contribution in [0, 0.1) is 16.7 Å². The van der Waals surface area contributed by atoms with E-state index in [9.17, 15) is 19.6 Å². The lowest BCUT2D eigenvalue weighted by molar-refractivity contribution is -0.140. The van der Waals surface area contributed by atoms with Gasteiger partial charge >= 0.3 is 11.9 Å². The molecule has 0 bridgehead atoms. The van der Waals surface area contributed by atoms with Gasteiger partial charge in [-0.3, -0.25) is 19.9 Å². The second-order valence-electron chi connectivity index (χ2n) is 7.95. The summed E-state index contributed by atoms with van der Waals surface area (Å²) in [5, 5.41) is 15.1. The fourth-order valence-corrected chi connectivity index (χ4v) is 3.76. The van der Waals surface area contributed by atoms with E-state index in [1.807, 2.05) is 26.0 Å². The van der Waals surface area contributed by atoms with Crippen molar-refractivity contribution in [3.63, 3.8) is 0 Å². The van der Waals surface area contributed by atoms with E-state index >= 15 is 0 Å². The molecule has 1 aromatic heterocycles. The number of hydrogen-bond donors (Lipinski definition) is 2. The predicted octanol–water partition coefficient (Wildman–Crippen LogP) is 2.95. The van der Waals surface area contributed by atoms with E-state index in [0.717, 1.165) is 11.1 Å². The highest BCUT2D eigenvalue weighted by Gasteiger charge is 2.62. The summed E-state index contributed by atoms with van der Waals surface area (Å²) in [6, 6.07) is 9.85. The van der Waals surface area contributed by atoms with Crippen molar-refractivity contribution in [3.8, 4) is 5.75 Å². The van der Waals surface area contributed by atoms with Crippen LogP contribution in [0.2, 0.25) is 0 Å². The van der Waals surface area contributed by atoms with Crippen LogP contribution >= 0.6 is 0 Å². The fraction of sp³-hybridized carbons (Fsp3) is 0.409. The summed E-state index contributed by atoms with van der Waals surface area (Å²) in [5.74, 6) is -1.22. The van der Waals surface area contributed by atoms with E-state index in [1.165, 1.54) is 0 Å². The Labute approximate surface area is 174 Å². The average Bonchev–Trinajstić information content (AvgIpc) is 3.48. The first-order valence-electron chi connectivity index (χ1n) is 9.84. The molecule has 0 spiro atoms. The molecule has 1 amide bonds. The van der Waals surface area contributed by atoms with E-state index in [4.69, 9.17) is 4.74 Å². The van der Waals surface area contributed by atoms with Crippen molar-refractivity contribution in [1.29, 1.82) is 0 Å². The van der Waals surface area contributed by atoms with E-state index in [0.29, 0.717) is 18.8 Å². The van der Waals surface area contributed by atoms with Crippen LogP contribution in [0.4, 0.5) is 0 Å². The first-order chi connectivity index (χ1) is 14.4. The molecule has 2 N–H and O–H groups in total. The van der Waals surface area contributed by atoms with Crippen molar-refractivity contribution >= 4 is 11.9 Å². The first-order valence-corrected chi connectivity index (χ1v) is 9.84. The third kappa shape index (κ3) is 4.88. The SMILES string of the molecule is CC(C)C1CC1(N[C@@H](Cc1ccc(OCc2ccncc2)cc1)C(=O)O)C(=O)N=O. The van der Waals surface area contributed by atoms with Gasteiger partial charge in [0.1, 0.15) is 23.9 Å². The lowest BCUT2D eigenvalue weighted by Crippen LogP contribution is -2.51. The van der Waals surface area contributed by atoms with E-state index in [1.54, 1.807) is 36.7 Å². The molecular weight excluding hydrogens is 386 g/mol. The van der Waals surface area contributed by atoms with Gasteiger partial charge in [0.25, 0.3) is 0 Å². The molecular formula is C22H25N3O5. The van der Waals surface area contributed by atoms with Gasteiger partial charge in [-0.15, -0.1) is 4.91 Å². The third-order valence-corrected chi connectivity index (χ3v) is 5.53. The number of benzene rings is 1. The largest absolute Gasteiger partial charge is 0.489 e. The summed E-state index contributed by atoms with van der Waals surface area (Å²) < 4.78 is 5.72. The molecule has 1 aromatic carbocycles. The van der Waals surface area contributed by atoms with Gasteiger partial charge in [-0.25, -0.2) is 0 Å². The normalized spacial score (nSPS) is 21.1. The molecule has 2 aromatic rings. The highest BCUT2D eigenvalue weighted by atomic mass is 16.5. The Morgan fingerprint density at radius 1 is 1.20 bits per heavy atom. The number of aromatic nitrogens is 1. The maximum absolute atomic E-state index is 12.1. The van der Waals surface area contributed by atoms with Crippen LogP contribution in [0.5, 0.6) is 5.75 Å². The van der Waals surface area contributed by atoms with Gasteiger partial charge in [-0.05, 0) is 60.1 Å². The average molecular weight is 411 g/mol. The monoisotopic (exact) mass is 411 g/mol. The van der Waals surface area contributed by atoms with Crippen LogP contribution in [0.25, 0.3) is 0 Å². The van der Waals surface area contributed by atoms with Crippen LogP contribution in [-0.4, -0.2) is 33.5 Å². The van der Waals surface area contributed by atoms with Gasteiger partial charge in [0, 0.05) is 17.6 Å². The molecule has 3 rings (SSSR count). The minimum atomic E-state index is -1.17. The highest BCUT2D eigenvalue weighted by Crippen LogP contribution is 2.49. The van der Waals surface area contributed by atoms with Gasteiger partial charge in [0.15, 0.2) is 0 Å². The zero-order chi connectivity index (χ0) is 21.7. The molecule has 30 heavy (non-hydrogen) atoms. The minimum Gasteiger partial charge on any atom is -0.489 e. The van der Waals surface area contributed by atoms with Crippen molar-refractivity contribution in [3.05, 3.63) is 64.8 Å². The Balaban J connectivity index is 1.64. The fourth-order valence-electron chi connectivity index (χ4n) is 3.76. The second kappa shape index (κ2) is 9.13. The van der Waals surface area contributed by atoms with Crippen molar-refractivity contribution in [2.45, 2.75) is 44.9 Å². The number of nitrogens with one attached hydrogen (secondary N) is 1. The number of nitroso groups, excluding NO2 is 1. The molecule has 1 heterocycles. The predicted molar refractivity (Wildman–Crippen MR) is 110 cm³/mol. The van der Waals surface area contributed by atoms with Crippen LogP contribution in [0.1, 0.15) is 31.4 Å². The Hall–Kier alpha value is -3.13. The maximum atomic E-state index is 12.1. The molecule has 158 valence electrons. The molecule has 2 unspecified atom stereocenters. The summed E-state index contributed by atoms with van der Waals surface area (Å²) >= 11 is 0. The Morgan fingerprint density at radius 3 is 2.40 bits per heavy atom. The van der Waals surface area contributed by atoms with Gasteiger partial charge in [-0.1, -0.05) is 26.0 Å². The zero-order valence-electron chi connectivity index (χ0n) is 16.9. The quantitative estimate of drug-likeness (QED) is 0.577. The molecule has 0 radical (unpaired) electrons. The zero-order valence-corrected chi connectivity index (χ0v) is 16.9. The van der Waals surface area contributed by atoms with Crippen LogP contribution in [0.3, 0.4) is 0 Å². The second-order valence-corrected chi connectivity index (χ2v) is 7.95. The number of ether oxygens (including phenoxy) is 1. The van der Waals surface area contributed by atoms with E-state index < -0.39 is 23.5 Å². The lowest BCUT2D eigenvalue weighted by atomic mass is 10.00. The smallest absolute Gasteiger partial charge is 0.321 e. The van der Waals surface area contributed by atoms with Gasteiger partial charge in [-0.2, -0.15) is 0 Å². The number of rotatable bonds is 10. The third-order valence-electron chi connectivity index (χ3n) is 5.53. The molecule has 8 heteroatoms. The molecule has 0 saturated heterocycles. The molecule has 1 aliphatic rings. The van der Waals surface area contributed by atoms with E-state index in [-0.39, 0.29) is 18.3 Å². The summed E-state index contributed by atoms with van der Waals surface area (Å²) in [4.78, 5) is 38.7. The summed E-state index contributed by atoms with van der Waals surface area (Å²) in [5.41, 5.74) is 0.591.